The lowest BCUT2D eigenvalue weighted by Crippen LogP contribution is -2.41. The Morgan fingerprint density at radius 2 is 1.60 bits per heavy atom. The van der Waals surface area contributed by atoms with Gasteiger partial charge in [0.25, 0.3) is 5.91 Å². The fraction of sp³-hybridized carbons (Fsp3) is 0.222. The van der Waals surface area contributed by atoms with E-state index in [-0.39, 0.29) is 30.5 Å². The van der Waals surface area contributed by atoms with E-state index in [0.29, 0.717) is 0 Å². The predicted octanol–water partition coefficient (Wildman–Crippen LogP) is 2.76. The number of nitrogens with one attached hydrogen (secondary N) is 3. The quantitative estimate of drug-likeness (QED) is 0.703. The van der Waals surface area contributed by atoms with Crippen molar-refractivity contribution in [2.45, 2.75) is 13.0 Å². The fourth-order valence-corrected chi connectivity index (χ4v) is 2.18. The van der Waals surface area contributed by atoms with Crippen LogP contribution in [0.3, 0.4) is 0 Å². The van der Waals surface area contributed by atoms with Gasteiger partial charge in [0.15, 0.2) is 0 Å². The second-order valence-corrected chi connectivity index (χ2v) is 5.41. The minimum Gasteiger partial charge on any atom is -0.350 e. The molecule has 7 heteroatoms. The SMILES string of the molecule is C[C@@H](NC(=O)NCCNC(=O)c1ccccc1F)c1ccc(F)cc1. The van der Waals surface area contributed by atoms with Crippen molar-refractivity contribution in [2.24, 2.45) is 0 Å². The van der Waals surface area contributed by atoms with Crippen molar-refractivity contribution in [3.05, 3.63) is 71.3 Å². The Kier molecular flexibility index (Phi) is 6.45. The molecule has 3 amide bonds. The van der Waals surface area contributed by atoms with Crippen molar-refractivity contribution in [2.75, 3.05) is 13.1 Å². The highest BCUT2D eigenvalue weighted by Gasteiger charge is 2.11. The Hall–Kier alpha value is -2.96. The molecule has 0 bridgehead atoms. The van der Waals surface area contributed by atoms with Crippen molar-refractivity contribution in [3.63, 3.8) is 0 Å². The van der Waals surface area contributed by atoms with Crippen LogP contribution in [0, 0.1) is 11.6 Å². The largest absolute Gasteiger partial charge is 0.350 e. The zero-order chi connectivity index (χ0) is 18.2. The maximum Gasteiger partial charge on any atom is 0.315 e. The summed E-state index contributed by atoms with van der Waals surface area (Å²) in [4.78, 5) is 23.6. The minimum absolute atomic E-state index is 0.0446. The van der Waals surface area contributed by atoms with Crippen LogP contribution in [0.1, 0.15) is 28.9 Å². The molecule has 0 radical (unpaired) electrons. The van der Waals surface area contributed by atoms with Crippen LogP contribution in [0.25, 0.3) is 0 Å². The Morgan fingerprint density at radius 3 is 2.28 bits per heavy atom. The Labute approximate surface area is 144 Å². The summed E-state index contributed by atoms with van der Waals surface area (Å²) in [6.45, 7) is 2.11. The van der Waals surface area contributed by atoms with Crippen molar-refractivity contribution in [1.29, 1.82) is 0 Å². The van der Waals surface area contributed by atoms with Crippen LogP contribution in [-0.4, -0.2) is 25.0 Å². The smallest absolute Gasteiger partial charge is 0.315 e. The second kappa shape index (κ2) is 8.77. The number of carbonyl (C=O) groups is 2. The van der Waals surface area contributed by atoms with Gasteiger partial charge in [0.2, 0.25) is 0 Å². The first kappa shape index (κ1) is 18.4. The lowest BCUT2D eigenvalue weighted by atomic mass is 10.1. The first-order chi connectivity index (χ1) is 12.0. The molecule has 0 aliphatic rings. The third-order valence-corrected chi connectivity index (χ3v) is 3.53. The topological polar surface area (TPSA) is 70.2 Å². The summed E-state index contributed by atoms with van der Waals surface area (Å²) in [7, 11) is 0. The van der Waals surface area contributed by atoms with E-state index in [4.69, 9.17) is 0 Å². The maximum atomic E-state index is 13.4. The number of hydrogen-bond donors (Lipinski definition) is 3. The van der Waals surface area contributed by atoms with Gasteiger partial charge in [-0.25, -0.2) is 13.6 Å². The summed E-state index contributed by atoms with van der Waals surface area (Å²) in [5.74, 6) is -1.48. The molecule has 132 valence electrons. The monoisotopic (exact) mass is 347 g/mol. The van der Waals surface area contributed by atoms with Crippen LogP contribution in [0.5, 0.6) is 0 Å². The molecule has 0 aliphatic heterocycles. The van der Waals surface area contributed by atoms with Gasteiger partial charge in [-0.15, -0.1) is 0 Å². The number of hydrogen-bond acceptors (Lipinski definition) is 2. The molecule has 0 unspecified atom stereocenters. The Morgan fingerprint density at radius 1 is 0.960 bits per heavy atom. The molecule has 25 heavy (non-hydrogen) atoms. The van der Waals surface area contributed by atoms with Crippen LogP contribution in [-0.2, 0) is 0 Å². The lowest BCUT2D eigenvalue weighted by molar-refractivity contribution is 0.0949. The third-order valence-electron chi connectivity index (χ3n) is 3.53. The standard InChI is InChI=1S/C18H19F2N3O2/c1-12(13-6-8-14(19)9-7-13)23-18(25)22-11-10-21-17(24)15-4-2-3-5-16(15)20/h2-9,12H,10-11H2,1H3,(H,21,24)(H2,22,23,25)/t12-/m1/s1. The molecule has 3 N–H and O–H groups in total. The van der Waals surface area contributed by atoms with Crippen molar-refractivity contribution < 1.29 is 18.4 Å². The van der Waals surface area contributed by atoms with Gasteiger partial charge in [-0.3, -0.25) is 4.79 Å². The summed E-state index contributed by atoms with van der Waals surface area (Å²) in [5.41, 5.74) is 0.723. The van der Waals surface area contributed by atoms with Gasteiger partial charge < -0.3 is 16.0 Å². The van der Waals surface area contributed by atoms with Gasteiger partial charge in [-0.2, -0.15) is 0 Å². The van der Waals surface area contributed by atoms with Crippen LogP contribution in [0.15, 0.2) is 48.5 Å². The van der Waals surface area contributed by atoms with Gasteiger partial charge in [0.1, 0.15) is 11.6 Å². The van der Waals surface area contributed by atoms with Gasteiger partial charge in [0.05, 0.1) is 11.6 Å². The second-order valence-electron chi connectivity index (χ2n) is 5.41. The molecule has 2 aromatic carbocycles. The van der Waals surface area contributed by atoms with Gasteiger partial charge in [-0.05, 0) is 36.8 Å². The van der Waals surface area contributed by atoms with Crippen molar-refractivity contribution >= 4 is 11.9 Å². The normalized spacial score (nSPS) is 11.5. The molecule has 0 aliphatic carbocycles. The molecule has 2 rings (SSSR count). The molecule has 0 spiro atoms. The van der Waals surface area contributed by atoms with E-state index in [9.17, 15) is 18.4 Å². The van der Waals surface area contributed by atoms with E-state index in [1.165, 1.54) is 30.3 Å². The van der Waals surface area contributed by atoms with Crippen LogP contribution >= 0.6 is 0 Å². The summed E-state index contributed by atoms with van der Waals surface area (Å²) in [6.07, 6.45) is 0. The third kappa shape index (κ3) is 5.56. The molecule has 2 aromatic rings. The number of benzene rings is 2. The summed E-state index contributed by atoms with van der Waals surface area (Å²) in [6, 6.07) is 10.8. The first-order valence-electron chi connectivity index (χ1n) is 7.80. The highest BCUT2D eigenvalue weighted by Crippen LogP contribution is 2.12. The average molecular weight is 347 g/mol. The van der Waals surface area contributed by atoms with E-state index in [1.54, 1.807) is 25.1 Å². The summed E-state index contributed by atoms with van der Waals surface area (Å²) < 4.78 is 26.3. The number of rotatable bonds is 6. The average Bonchev–Trinajstić information content (AvgIpc) is 2.59. The molecule has 0 saturated heterocycles. The molecule has 0 heterocycles. The van der Waals surface area contributed by atoms with E-state index in [0.717, 1.165) is 5.56 Å². The molecule has 5 nitrogen and oxygen atoms in total. The Bertz CT molecular complexity index is 735. The Balaban J connectivity index is 1.71. The van der Waals surface area contributed by atoms with E-state index in [2.05, 4.69) is 16.0 Å². The molecular weight excluding hydrogens is 328 g/mol. The molecule has 0 fully saturated rings. The van der Waals surface area contributed by atoms with E-state index < -0.39 is 17.8 Å². The molecule has 0 saturated carbocycles. The maximum absolute atomic E-state index is 13.4. The highest BCUT2D eigenvalue weighted by atomic mass is 19.1. The first-order valence-corrected chi connectivity index (χ1v) is 7.80. The molecular formula is C18H19F2N3O2. The number of carbonyl (C=O) groups excluding carboxylic acids is 2. The number of amides is 3. The number of halogens is 2. The highest BCUT2D eigenvalue weighted by molar-refractivity contribution is 5.94. The predicted molar refractivity (Wildman–Crippen MR) is 90.1 cm³/mol. The van der Waals surface area contributed by atoms with E-state index >= 15 is 0 Å². The van der Waals surface area contributed by atoms with Gasteiger partial charge >= 0.3 is 6.03 Å². The van der Waals surface area contributed by atoms with E-state index in [1.807, 2.05) is 0 Å². The molecule has 0 aromatic heterocycles. The summed E-state index contributed by atoms with van der Waals surface area (Å²) in [5, 5.41) is 7.81. The molecule has 1 atom stereocenters. The zero-order valence-electron chi connectivity index (χ0n) is 13.7. The summed E-state index contributed by atoms with van der Waals surface area (Å²) >= 11 is 0. The van der Waals surface area contributed by atoms with Gasteiger partial charge in [-0.1, -0.05) is 24.3 Å². The van der Waals surface area contributed by atoms with Crippen molar-refractivity contribution in [1.82, 2.24) is 16.0 Å². The lowest BCUT2D eigenvalue weighted by Gasteiger charge is -2.15. The van der Waals surface area contributed by atoms with Crippen molar-refractivity contribution in [3.8, 4) is 0 Å². The number of urea groups is 1. The van der Waals surface area contributed by atoms with Crippen LogP contribution < -0.4 is 16.0 Å². The van der Waals surface area contributed by atoms with Crippen LogP contribution in [0.4, 0.5) is 13.6 Å². The van der Waals surface area contributed by atoms with Crippen LogP contribution in [0.2, 0.25) is 0 Å². The zero-order valence-corrected chi connectivity index (χ0v) is 13.7. The minimum atomic E-state index is -0.598. The fourth-order valence-electron chi connectivity index (χ4n) is 2.18. The van der Waals surface area contributed by atoms with Gasteiger partial charge in [0, 0.05) is 13.1 Å².